The van der Waals surface area contributed by atoms with Crippen molar-refractivity contribution in [1.29, 1.82) is 0 Å². The van der Waals surface area contributed by atoms with Gasteiger partial charge in [0.05, 0.1) is 18.1 Å². The van der Waals surface area contributed by atoms with Crippen LogP contribution in [0.25, 0.3) is 11.0 Å². The number of aliphatic imine (C=N–C) groups is 1. The Morgan fingerprint density at radius 1 is 1.24 bits per heavy atom. The second-order valence-electron chi connectivity index (χ2n) is 5.90. The molecule has 0 atom stereocenters. The summed E-state index contributed by atoms with van der Waals surface area (Å²) in [5, 5.41) is 15.6. The highest BCUT2D eigenvalue weighted by Crippen LogP contribution is 2.30. The van der Waals surface area contributed by atoms with Gasteiger partial charge in [-0.25, -0.2) is 19.9 Å². The largest absolute Gasteiger partial charge is 0.434 e. The quantitative estimate of drug-likeness (QED) is 0.301. The lowest BCUT2D eigenvalue weighted by molar-refractivity contribution is -0.140. The molecule has 3 rings (SSSR count). The Morgan fingerprint density at radius 2 is 2.07 bits per heavy atom. The van der Waals surface area contributed by atoms with E-state index in [-0.39, 0.29) is 6.54 Å². The molecule has 0 saturated carbocycles. The Labute approximate surface area is 168 Å². The third-order valence-electron chi connectivity index (χ3n) is 3.80. The summed E-state index contributed by atoms with van der Waals surface area (Å²) in [4.78, 5) is 16.3. The van der Waals surface area contributed by atoms with Crippen LogP contribution in [-0.4, -0.2) is 50.3 Å². The lowest BCUT2D eigenvalue weighted by Gasteiger charge is -2.12. The maximum atomic E-state index is 12.6. The molecule has 0 bridgehead atoms. The van der Waals surface area contributed by atoms with Gasteiger partial charge < -0.3 is 16.0 Å². The number of anilines is 1. The molecule has 3 heterocycles. The van der Waals surface area contributed by atoms with Gasteiger partial charge in [-0.1, -0.05) is 0 Å². The number of guanidine groups is 1. The van der Waals surface area contributed by atoms with Gasteiger partial charge in [-0.05, 0) is 6.92 Å². The first kappa shape index (κ1) is 20.8. The van der Waals surface area contributed by atoms with E-state index in [0.717, 1.165) is 27.8 Å². The van der Waals surface area contributed by atoms with E-state index in [1.807, 2.05) is 6.92 Å². The van der Waals surface area contributed by atoms with Gasteiger partial charge in [0.1, 0.15) is 17.2 Å². The summed E-state index contributed by atoms with van der Waals surface area (Å²) in [5.41, 5.74) is -0.159. The number of hydrogen-bond donors (Lipinski definition) is 3. The van der Waals surface area contributed by atoms with Crippen molar-refractivity contribution in [2.45, 2.75) is 19.6 Å². The zero-order valence-corrected chi connectivity index (χ0v) is 16.6. The Balaban J connectivity index is 1.53. The number of thiazole rings is 1. The topological polar surface area (TPSA) is 105 Å². The molecule has 0 aliphatic rings. The van der Waals surface area contributed by atoms with E-state index in [1.54, 1.807) is 17.9 Å². The van der Waals surface area contributed by atoms with Crippen molar-refractivity contribution >= 4 is 34.1 Å². The summed E-state index contributed by atoms with van der Waals surface area (Å²) in [7, 11) is 1.81. The molecule has 0 fully saturated rings. The second kappa shape index (κ2) is 9.03. The van der Waals surface area contributed by atoms with E-state index >= 15 is 0 Å². The number of fused-ring (bicyclic) bond motifs is 1. The lowest BCUT2D eigenvalue weighted by Crippen LogP contribution is -2.39. The van der Waals surface area contributed by atoms with Crippen molar-refractivity contribution in [2.75, 3.05) is 25.0 Å². The molecule has 156 valence electrons. The number of nitrogens with one attached hydrogen (secondary N) is 3. The number of alkyl halides is 3. The van der Waals surface area contributed by atoms with Crippen LogP contribution in [0.2, 0.25) is 0 Å². The Hall–Kier alpha value is -2.96. The monoisotopic (exact) mass is 427 g/mol. The van der Waals surface area contributed by atoms with Crippen molar-refractivity contribution < 1.29 is 13.2 Å². The average molecular weight is 427 g/mol. The smallest absolute Gasteiger partial charge is 0.368 e. The summed E-state index contributed by atoms with van der Waals surface area (Å²) >= 11 is 0.937. The van der Waals surface area contributed by atoms with Gasteiger partial charge in [0.25, 0.3) is 0 Å². The number of hydrogen-bond acceptors (Lipinski definition) is 7. The van der Waals surface area contributed by atoms with Crippen LogP contribution in [0.1, 0.15) is 17.6 Å². The minimum absolute atomic E-state index is 0.0612. The maximum absolute atomic E-state index is 12.6. The first-order chi connectivity index (χ1) is 13.9. The van der Waals surface area contributed by atoms with Crippen molar-refractivity contribution in [3.05, 3.63) is 28.6 Å². The fraction of sp³-hybridized carbons (Fsp3) is 0.438. The first-order valence-electron chi connectivity index (χ1n) is 8.79. The number of aryl methyl sites for hydroxylation is 1. The fourth-order valence-electron chi connectivity index (χ4n) is 2.47. The summed E-state index contributed by atoms with van der Waals surface area (Å²) in [6.45, 7) is 3.64. The van der Waals surface area contributed by atoms with Crippen LogP contribution >= 0.6 is 11.3 Å². The molecule has 13 heteroatoms. The third kappa shape index (κ3) is 5.31. The molecule has 0 aliphatic heterocycles. The van der Waals surface area contributed by atoms with Crippen molar-refractivity contribution in [3.8, 4) is 0 Å². The van der Waals surface area contributed by atoms with E-state index in [2.05, 4.69) is 41.0 Å². The second-order valence-corrected chi connectivity index (χ2v) is 6.84. The molecule has 0 unspecified atom stereocenters. The average Bonchev–Trinajstić information content (AvgIpc) is 3.31. The molecule has 3 N–H and O–H groups in total. The molecule has 0 aromatic carbocycles. The normalized spacial score (nSPS) is 12.4. The van der Waals surface area contributed by atoms with Crippen LogP contribution in [0.5, 0.6) is 0 Å². The van der Waals surface area contributed by atoms with E-state index in [4.69, 9.17) is 0 Å². The molecule has 9 nitrogen and oxygen atoms in total. The van der Waals surface area contributed by atoms with Gasteiger partial charge in [0, 0.05) is 32.1 Å². The van der Waals surface area contributed by atoms with Crippen LogP contribution < -0.4 is 16.0 Å². The molecule has 0 amide bonds. The van der Waals surface area contributed by atoms with Crippen molar-refractivity contribution in [1.82, 2.24) is 35.4 Å². The van der Waals surface area contributed by atoms with Gasteiger partial charge in [0.2, 0.25) is 0 Å². The minimum atomic E-state index is -4.44. The predicted molar refractivity (Wildman–Crippen MR) is 105 cm³/mol. The summed E-state index contributed by atoms with van der Waals surface area (Å²) in [6.07, 6.45) is -1.28. The SMILES string of the molecule is CCNC(=NCc1nc(C(F)(F)F)cs1)NCCNc1ncnc2c1cnn2C. The number of nitrogens with zero attached hydrogens (tertiary/aromatic N) is 6. The summed E-state index contributed by atoms with van der Waals surface area (Å²) in [5.74, 6) is 1.17. The van der Waals surface area contributed by atoms with Gasteiger partial charge in [-0.3, -0.25) is 4.68 Å². The molecule has 0 spiro atoms. The van der Waals surface area contributed by atoms with Gasteiger partial charge in [-0.15, -0.1) is 11.3 Å². The molecule has 0 saturated heterocycles. The fourth-order valence-corrected chi connectivity index (χ4v) is 3.19. The van der Waals surface area contributed by atoms with Gasteiger partial charge in [-0.2, -0.15) is 18.3 Å². The van der Waals surface area contributed by atoms with Gasteiger partial charge >= 0.3 is 6.18 Å². The van der Waals surface area contributed by atoms with Crippen LogP contribution in [0, 0.1) is 0 Å². The highest BCUT2D eigenvalue weighted by molar-refractivity contribution is 7.09. The molecule has 29 heavy (non-hydrogen) atoms. The predicted octanol–water partition coefficient (Wildman–Crippen LogP) is 2.01. The van der Waals surface area contributed by atoms with Crippen LogP contribution in [-0.2, 0) is 19.8 Å². The number of rotatable bonds is 7. The first-order valence-corrected chi connectivity index (χ1v) is 9.66. The zero-order chi connectivity index (χ0) is 20.9. The molecule has 0 aliphatic carbocycles. The van der Waals surface area contributed by atoms with E-state index in [0.29, 0.717) is 36.4 Å². The molecule has 3 aromatic rings. The lowest BCUT2D eigenvalue weighted by atomic mass is 10.4. The molecule has 3 aromatic heterocycles. The number of halogens is 3. The number of aromatic nitrogens is 5. The van der Waals surface area contributed by atoms with Crippen molar-refractivity contribution in [2.24, 2.45) is 12.0 Å². The zero-order valence-electron chi connectivity index (χ0n) is 15.8. The van der Waals surface area contributed by atoms with Gasteiger partial charge in [0.15, 0.2) is 17.3 Å². The van der Waals surface area contributed by atoms with Crippen molar-refractivity contribution in [3.63, 3.8) is 0 Å². The molecule has 0 radical (unpaired) electrons. The van der Waals surface area contributed by atoms with Crippen LogP contribution in [0.3, 0.4) is 0 Å². The van der Waals surface area contributed by atoms with E-state index < -0.39 is 11.9 Å². The standard InChI is InChI=1S/C16H20F3N9S/c1-3-20-15(23-7-12-27-11(8-29-12)16(17,18)19)22-5-4-21-13-10-6-26-28(2)14(10)25-9-24-13/h6,8-9H,3-5,7H2,1-2H3,(H2,20,22,23)(H,21,24,25). The van der Waals surface area contributed by atoms with E-state index in [9.17, 15) is 13.2 Å². The highest BCUT2D eigenvalue weighted by atomic mass is 32.1. The highest BCUT2D eigenvalue weighted by Gasteiger charge is 2.33. The minimum Gasteiger partial charge on any atom is -0.368 e. The Kier molecular flexibility index (Phi) is 6.46. The Bertz CT molecular complexity index is 980. The summed E-state index contributed by atoms with van der Waals surface area (Å²) < 4.78 is 39.5. The van der Waals surface area contributed by atoms with Crippen LogP contribution in [0.4, 0.5) is 19.0 Å². The van der Waals surface area contributed by atoms with E-state index in [1.165, 1.54) is 6.33 Å². The van der Waals surface area contributed by atoms with Crippen LogP contribution in [0.15, 0.2) is 22.9 Å². The molecular formula is C16H20F3N9S. The summed E-state index contributed by atoms with van der Waals surface area (Å²) in [6, 6.07) is 0. The molecular weight excluding hydrogens is 407 g/mol. The third-order valence-corrected chi connectivity index (χ3v) is 4.63. The Morgan fingerprint density at radius 3 is 2.79 bits per heavy atom. The maximum Gasteiger partial charge on any atom is 0.434 e.